The molecule has 1 rings (SSSR count). The van der Waals surface area contributed by atoms with Crippen LogP contribution < -0.4 is 0 Å². The molecule has 0 saturated heterocycles. The SMILES string of the molecule is CCC(CC)N(CCBr)C(=O)c1ccc(C)cc1C. The summed E-state index contributed by atoms with van der Waals surface area (Å²) in [7, 11) is 0. The van der Waals surface area contributed by atoms with E-state index in [0.717, 1.165) is 35.8 Å². The van der Waals surface area contributed by atoms with Crippen LogP contribution in [0.25, 0.3) is 0 Å². The summed E-state index contributed by atoms with van der Waals surface area (Å²) in [5.41, 5.74) is 3.10. The van der Waals surface area contributed by atoms with Gasteiger partial charge in [0.1, 0.15) is 0 Å². The third-order valence-electron chi connectivity index (χ3n) is 3.58. The van der Waals surface area contributed by atoms with Gasteiger partial charge >= 0.3 is 0 Å². The van der Waals surface area contributed by atoms with E-state index in [4.69, 9.17) is 0 Å². The van der Waals surface area contributed by atoms with Gasteiger partial charge in [0.2, 0.25) is 0 Å². The minimum atomic E-state index is 0.158. The van der Waals surface area contributed by atoms with Crippen LogP contribution >= 0.6 is 15.9 Å². The minimum Gasteiger partial charge on any atom is -0.335 e. The highest BCUT2D eigenvalue weighted by Gasteiger charge is 2.22. The van der Waals surface area contributed by atoms with Crippen LogP contribution in [0.4, 0.5) is 0 Å². The second-order valence-electron chi connectivity index (χ2n) is 4.98. The summed E-state index contributed by atoms with van der Waals surface area (Å²) in [6.45, 7) is 9.12. The van der Waals surface area contributed by atoms with E-state index in [-0.39, 0.29) is 5.91 Å². The van der Waals surface area contributed by atoms with Crippen molar-refractivity contribution in [3.05, 3.63) is 34.9 Å². The lowest BCUT2D eigenvalue weighted by Crippen LogP contribution is -2.41. The lowest BCUT2D eigenvalue weighted by molar-refractivity contribution is 0.0682. The van der Waals surface area contributed by atoms with Crippen molar-refractivity contribution in [2.24, 2.45) is 0 Å². The molecule has 106 valence electrons. The molecule has 0 aliphatic carbocycles. The average Bonchev–Trinajstić information content (AvgIpc) is 2.38. The molecule has 0 heterocycles. The van der Waals surface area contributed by atoms with Gasteiger partial charge in [-0.05, 0) is 38.3 Å². The van der Waals surface area contributed by atoms with Crippen molar-refractivity contribution in [1.82, 2.24) is 4.90 Å². The van der Waals surface area contributed by atoms with E-state index in [1.54, 1.807) is 0 Å². The van der Waals surface area contributed by atoms with Crippen LogP contribution in [-0.2, 0) is 0 Å². The fraction of sp³-hybridized carbons (Fsp3) is 0.562. The van der Waals surface area contributed by atoms with Crippen molar-refractivity contribution < 1.29 is 4.79 Å². The first-order valence-electron chi connectivity index (χ1n) is 6.99. The topological polar surface area (TPSA) is 20.3 Å². The normalized spacial score (nSPS) is 10.8. The number of hydrogen-bond donors (Lipinski definition) is 0. The Balaban J connectivity index is 3.04. The standard InChI is InChI=1S/C16H24BrNO/c1-5-14(6-2)18(10-9-17)16(19)15-8-7-12(3)11-13(15)4/h7-8,11,14H,5-6,9-10H2,1-4H3. The second kappa shape index (κ2) is 7.68. The van der Waals surface area contributed by atoms with Crippen LogP contribution in [0.5, 0.6) is 0 Å². The highest BCUT2D eigenvalue weighted by molar-refractivity contribution is 9.09. The molecule has 0 N–H and O–H groups in total. The number of hydrogen-bond acceptors (Lipinski definition) is 1. The van der Waals surface area contributed by atoms with Crippen molar-refractivity contribution in [2.75, 3.05) is 11.9 Å². The molecule has 0 saturated carbocycles. The van der Waals surface area contributed by atoms with E-state index < -0.39 is 0 Å². The summed E-state index contributed by atoms with van der Waals surface area (Å²) in [5, 5.41) is 0.820. The Kier molecular flexibility index (Phi) is 6.56. The molecule has 1 amide bonds. The van der Waals surface area contributed by atoms with Crippen molar-refractivity contribution in [1.29, 1.82) is 0 Å². The number of alkyl halides is 1. The maximum Gasteiger partial charge on any atom is 0.254 e. The number of aryl methyl sites for hydroxylation is 2. The van der Waals surface area contributed by atoms with Crippen LogP contribution in [0.1, 0.15) is 48.2 Å². The lowest BCUT2D eigenvalue weighted by atomic mass is 10.0. The average molecular weight is 326 g/mol. The molecule has 0 spiro atoms. The molecule has 0 radical (unpaired) electrons. The molecule has 2 nitrogen and oxygen atoms in total. The highest BCUT2D eigenvalue weighted by atomic mass is 79.9. The Morgan fingerprint density at radius 3 is 2.37 bits per heavy atom. The van der Waals surface area contributed by atoms with Crippen molar-refractivity contribution in [3.8, 4) is 0 Å². The quantitative estimate of drug-likeness (QED) is 0.713. The van der Waals surface area contributed by atoms with E-state index in [0.29, 0.717) is 6.04 Å². The molecule has 0 unspecified atom stereocenters. The molecular weight excluding hydrogens is 302 g/mol. The largest absolute Gasteiger partial charge is 0.335 e. The van der Waals surface area contributed by atoms with E-state index in [1.165, 1.54) is 5.56 Å². The van der Waals surface area contributed by atoms with Crippen molar-refractivity contribution in [3.63, 3.8) is 0 Å². The smallest absolute Gasteiger partial charge is 0.254 e. The van der Waals surface area contributed by atoms with Gasteiger partial charge in [-0.25, -0.2) is 0 Å². The number of halogens is 1. The van der Waals surface area contributed by atoms with E-state index in [9.17, 15) is 4.79 Å². The minimum absolute atomic E-state index is 0.158. The highest BCUT2D eigenvalue weighted by Crippen LogP contribution is 2.17. The fourth-order valence-corrected chi connectivity index (χ4v) is 2.86. The van der Waals surface area contributed by atoms with Crippen LogP contribution in [0, 0.1) is 13.8 Å². The number of carbonyl (C=O) groups is 1. The molecule has 0 aliphatic rings. The van der Waals surface area contributed by atoms with Crippen LogP contribution in [0.15, 0.2) is 18.2 Å². The van der Waals surface area contributed by atoms with Gasteiger partial charge < -0.3 is 4.90 Å². The molecule has 0 aromatic heterocycles. The third kappa shape index (κ3) is 4.07. The van der Waals surface area contributed by atoms with Gasteiger partial charge in [0.05, 0.1) is 0 Å². The van der Waals surface area contributed by atoms with E-state index in [1.807, 2.05) is 24.0 Å². The first-order valence-corrected chi connectivity index (χ1v) is 8.11. The van der Waals surface area contributed by atoms with Gasteiger partial charge in [0.15, 0.2) is 0 Å². The Labute approximate surface area is 125 Å². The van der Waals surface area contributed by atoms with Gasteiger partial charge in [0, 0.05) is 23.5 Å². The zero-order valence-corrected chi connectivity index (χ0v) is 14.0. The Morgan fingerprint density at radius 2 is 1.89 bits per heavy atom. The monoisotopic (exact) mass is 325 g/mol. The summed E-state index contributed by atoms with van der Waals surface area (Å²) >= 11 is 3.45. The summed E-state index contributed by atoms with van der Waals surface area (Å²) < 4.78 is 0. The van der Waals surface area contributed by atoms with Crippen molar-refractivity contribution >= 4 is 21.8 Å². The molecule has 1 aromatic carbocycles. The Hall–Kier alpha value is -0.830. The fourth-order valence-electron chi connectivity index (χ4n) is 2.48. The summed E-state index contributed by atoms with van der Waals surface area (Å²) in [6, 6.07) is 6.37. The first kappa shape index (κ1) is 16.2. The van der Waals surface area contributed by atoms with Crippen LogP contribution in [0.3, 0.4) is 0 Å². The zero-order valence-electron chi connectivity index (χ0n) is 12.4. The van der Waals surface area contributed by atoms with Gasteiger partial charge in [-0.15, -0.1) is 0 Å². The second-order valence-corrected chi connectivity index (χ2v) is 5.77. The predicted octanol–water partition coefficient (Wildman–Crippen LogP) is 4.33. The zero-order chi connectivity index (χ0) is 14.4. The molecule has 0 aliphatic heterocycles. The van der Waals surface area contributed by atoms with Crippen LogP contribution in [-0.4, -0.2) is 28.7 Å². The van der Waals surface area contributed by atoms with Gasteiger partial charge in [-0.1, -0.05) is 47.5 Å². The maximum absolute atomic E-state index is 12.7. The van der Waals surface area contributed by atoms with Crippen LogP contribution in [0.2, 0.25) is 0 Å². The number of benzene rings is 1. The molecular formula is C16H24BrNO. The number of nitrogens with zero attached hydrogens (tertiary/aromatic N) is 1. The summed E-state index contributed by atoms with van der Waals surface area (Å²) in [5.74, 6) is 0.158. The summed E-state index contributed by atoms with van der Waals surface area (Å²) in [6.07, 6.45) is 2.00. The first-order chi connectivity index (χ1) is 9.04. The van der Waals surface area contributed by atoms with Gasteiger partial charge in [-0.3, -0.25) is 4.79 Å². The van der Waals surface area contributed by atoms with E-state index in [2.05, 4.69) is 42.8 Å². The summed E-state index contributed by atoms with van der Waals surface area (Å²) in [4.78, 5) is 14.7. The number of carbonyl (C=O) groups excluding carboxylic acids is 1. The molecule has 1 aromatic rings. The van der Waals surface area contributed by atoms with Gasteiger partial charge in [-0.2, -0.15) is 0 Å². The van der Waals surface area contributed by atoms with E-state index >= 15 is 0 Å². The molecule has 0 atom stereocenters. The number of rotatable bonds is 6. The maximum atomic E-state index is 12.7. The Morgan fingerprint density at radius 1 is 1.26 bits per heavy atom. The molecule has 0 fully saturated rings. The van der Waals surface area contributed by atoms with Gasteiger partial charge in [0.25, 0.3) is 5.91 Å². The molecule has 0 bridgehead atoms. The van der Waals surface area contributed by atoms with Crippen molar-refractivity contribution in [2.45, 2.75) is 46.6 Å². The molecule has 3 heteroatoms. The predicted molar refractivity (Wildman–Crippen MR) is 85.1 cm³/mol. The number of amides is 1. The molecule has 19 heavy (non-hydrogen) atoms. The Bertz CT molecular complexity index is 427. The lowest BCUT2D eigenvalue weighted by Gasteiger charge is -2.30. The third-order valence-corrected chi connectivity index (χ3v) is 3.94.